The molecule has 4 fully saturated rings. The Morgan fingerprint density at radius 2 is 1.63 bits per heavy atom. The van der Waals surface area contributed by atoms with Crippen molar-refractivity contribution in [1.29, 1.82) is 0 Å². The van der Waals surface area contributed by atoms with Gasteiger partial charge in [-0.05, 0) is 105 Å². The fourth-order valence-electron chi connectivity index (χ4n) is 12.7. The Kier molecular flexibility index (Phi) is 12.3. The van der Waals surface area contributed by atoms with E-state index in [1.807, 2.05) is 62.8 Å². The van der Waals surface area contributed by atoms with Crippen molar-refractivity contribution in [2.24, 2.45) is 13.0 Å². The van der Waals surface area contributed by atoms with Crippen LogP contribution in [0, 0.1) is 5.92 Å². The zero-order valence-corrected chi connectivity index (χ0v) is 42.8. The number of fused-ring (bicyclic) bond motifs is 5. The number of carbonyl (C=O) groups is 5. The Balaban J connectivity index is 0.748. The largest absolute Gasteiger partial charge is 0.453 e. The SMILES string of the molecule is COC(=O)N[C@@H]1CC[C@@H](n2c(=O)n(C)c3cnc4[nH]c(-c5ccc(C(=O)N6CCC(CN7CCN(c8cccc9c8C(=O)N(C8CCC(=O)NC8=O)C9)CC7)CC6)cc5)c(-c5ccc6c(cnn6C(C)C)c5)c4c32)C1. The number of aryl methyl sites for hydroxylation is 1. The van der Waals surface area contributed by atoms with Crippen LogP contribution in [0.4, 0.5) is 10.5 Å². The lowest BCUT2D eigenvalue weighted by molar-refractivity contribution is -0.136. The highest BCUT2D eigenvalue weighted by molar-refractivity contribution is 6.15. The van der Waals surface area contributed by atoms with Crippen molar-refractivity contribution in [3.05, 3.63) is 100 Å². The van der Waals surface area contributed by atoms with E-state index in [0.717, 1.165) is 101 Å². The van der Waals surface area contributed by atoms with E-state index in [4.69, 9.17) is 14.8 Å². The Morgan fingerprint density at radius 1 is 0.853 bits per heavy atom. The minimum absolute atomic E-state index is 0.00689. The number of aromatic amines is 1. The van der Waals surface area contributed by atoms with Gasteiger partial charge in [0, 0.05) is 106 Å². The molecule has 4 aromatic heterocycles. The van der Waals surface area contributed by atoms with Crippen molar-refractivity contribution in [3.63, 3.8) is 0 Å². The first-order valence-corrected chi connectivity index (χ1v) is 26.4. The normalized spacial score (nSPS) is 20.8. The van der Waals surface area contributed by atoms with Crippen LogP contribution in [0.2, 0.25) is 0 Å². The maximum absolute atomic E-state index is 14.3. The van der Waals surface area contributed by atoms with Gasteiger partial charge in [-0.25, -0.2) is 14.6 Å². The minimum atomic E-state index is -0.642. The van der Waals surface area contributed by atoms with Gasteiger partial charge < -0.3 is 29.7 Å². The van der Waals surface area contributed by atoms with Gasteiger partial charge in [0.25, 0.3) is 11.8 Å². The maximum Gasteiger partial charge on any atom is 0.407 e. The number of ether oxygens (including phenoxy) is 1. The molecule has 5 amide bonds. The molecule has 1 unspecified atom stereocenters. The molecule has 4 aliphatic heterocycles. The van der Waals surface area contributed by atoms with E-state index in [1.165, 1.54) is 7.11 Å². The number of anilines is 1. The summed E-state index contributed by atoms with van der Waals surface area (Å²) >= 11 is 0. The number of aromatic nitrogens is 6. The number of imide groups is 1. The number of benzene rings is 3. The van der Waals surface area contributed by atoms with Gasteiger partial charge in [0.15, 0.2) is 0 Å². The Labute approximate surface area is 432 Å². The minimum Gasteiger partial charge on any atom is -0.453 e. The number of likely N-dealkylation sites (tertiary alicyclic amines) is 1. The summed E-state index contributed by atoms with van der Waals surface area (Å²) in [5.41, 5.74) is 9.60. The average Bonchev–Trinajstić information content (AvgIpc) is 4.29. The Hall–Kier alpha value is -7.80. The lowest BCUT2D eigenvalue weighted by atomic mass is 9.94. The summed E-state index contributed by atoms with van der Waals surface area (Å²) in [6.07, 6.45) is 7.54. The van der Waals surface area contributed by atoms with Crippen LogP contribution >= 0.6 is 0 Å². The highest BCUT2D eigenvalue weighted by Gasteiger charge is 2.41. The molecular formula is C56H62N12O7. The van der Waals surface area contributed by atoms with E-state index >= 15 is 0 Å². The molecule has 12 rings (SSSR count). The third-order valence-electron chi connectivity index (χ3n) is 16.6. The van der Waals surface area contributed by atoms with E-state index in [0.29, 0.717) is 73.5 Å². The molecule has 7 aromatic rings. The van der Waals surface area contributed by atoms with E-state index in [2.05, 4.69) is 57.5 Å². The zero-order valence-electron chi connectivity index (χ0n) is 42.8. The van der Waals surface area contributed by atoms with Gasteiger partial charge in [0.2, 0.25) is 11.8 Å². The van der Waals surface area contributed by atoms with Gasteiger partial charge in [-0.1, -0.05) is 30.3 Å². The van der Waals surface area contributed by atoms with E-state index in [1.54, 1.807) is 22.7 Å². The van der Waals surface area contributed by atoms with Crippen LogP contribution in [0.25, 0.3) is 55.4 Å². The van der Waals surface area contributed by atoms with Crippen molar-refractivity contribution in [3.8, 4) is 22.4 Å². The molecule has 3 saturated heterocycles. The number of pyridine rings is 1. The molecular weight excluding hydrogens is 953 g/mol. The van der Waals surface area contributed by atoms with Crippen molar-refractivity contribution in [1.82, 2.24) is 54.2 Å². The van der Waals surface area contributed by atoms with Gasteiger partial charge in [-0.15, -0.1) is 0 Å². The predicted octanol–water partition coefficient (Wildman–Crippen LogP) is 6.37. The lowest BCUT2D eigenvalue weighted by Gasteiger charge is -2.40. The van der Waals surface area contributed by atoms with Gasteiger partial charge in [0.05, 0.1) is 52.7 Å². The summed E-state index contributed by atoms with van der Waals surface area (Å²) in [5, 5.41) is 11.8. The van der Waals surface area contributed by atoms with Gasteiger partial charge in [-0.3, -0.25) is 43.2 Å². The predicted molar refractivity (Wildman–Crippen MR) is 283 cm³/mol. The summed E-state index contributed by atoms with van der Waals surface area (Å²) in [6, 6.07) is 19.3. The summed E-state index contributed by atoms with van der Waals surface area (Å²) in [6.45, 7) is 10.2. The second-order valence-electron chi connectivity index (χ2n) is 21.4. The van der Waals surface area contributed by atoms with Crippen LogP contribution < -0.4 is 21.2 Å². The summed E-state index contributed by atoms with van der Waals surface area (Å²) in [7, 11) is 3.13. The Bertz CT molecular complexity index is 3500. The van der Waals surface area contributed by atoms with Gasteiger partial charge in [0.1, 0.15) is 11.7 Å². The van der Waals surface area contributed by atoms with Crippen LogP contribution in [-0.2, 0) is 27.9 Å². The molecule has 388 valence electrons. The van der Waals surface area contributed by atoms with Gasteiger partial charge >= 0.3 is 11.8 Å². The fourth-order valence-corrected chi connectivity index (χ4v) is 12.7. The number of hydrogen-bond donors (Lipinski definition) is 3. The second kappa shape index (κ2) is 19.2. The first kappa shape index (κ1) is 48.2. The number of imidazole rings is 1. The topological polar surface area (TPSA) is 205 Å². The lowest BCUT2D eigenvalue weighted by Crippen LogP contribution is -2.52. The number of methoxy groups -OCH3 is 1. The first-order chi connectivity index (χ1) is 36.3. The number of nitrogens with one attached hydrogen (secondary N) is 3. The number of amides is 5. The molecule has 3 aromatic carbocycles. The molecule has 0 bridgehead atoms. The van der Waals surface area contributed by atoms with Crippen molar-refractivity contribution in [2.45, 2.75) is 89.5 Å². The molecule has 5 aliphatic rings. The Morgan fingerprint density at radius 3 is 2.37 bits per heavy atom. The number of H-pyrrole nitrogens is 1. The number of piperazine rings is 1. The average molecular weight is 1020 g/mol. The number of carbonyl (C=O) groups excluding carboxylic acids is 5. The monoisotopic (exact) mass is 1010 g/mol. The molecule has 19 heteroatoms. The number of piperidine rings is 2. The highest BCUT2D eigenvalue weighted by Crippen LogP contribution is 2.44. The van der Waals surface area contributed by atoms with Crippen LogP contribution in [0.15, 0.2) is 77.9 Å². The molecule has 1 saturated carbocycles. The first-order valence-electron chi connectivity index (χ1n) is 26.4. The number of nitrogens with zero attached hydrogens (tertiary/aromatic N) is 9. The third kappa shape index (κ3) is 8.50. The molecule has 0 radical (unpaired) electrons. The van der Waals surface area contributed by atoms with E-state index in [-0.39, 0.29) is 48.0 Å². The van der Waals surface area contributed by atoms with Crippen molar-refractivity contribution in [2.75, 3.05) is 57.8 Å². The third-order valence-corrected chi connectivity index (χ3v) is 16.6. The number of rotatable bonds is 10. The standard InChI is InChI=1S/C56H62N12O7/c1-32(2)68-41-15-12-36(26-38(41)28-58-68)47-48-50-44(62(3)56(74)67(50)40-14-13-39(27-40)59-55(73)75-4)29-57-51(48)61-49(47)34-8-10-35(11-9-34)53(71)65-20-18-33(19-21-65)30-63-22-24-64(25-23-63)42-7-5-6-37-31-66(54(72)46(37)42)43-16-17-45(69)60-52(43)70/h5-12,15,26,28-29,32-33,39-40,43H,13-14,16-25,27,30-31H2,1-4H3,(H,57,61)(H,59,73)(H,60,69,70)/t39-,40-,43?/m1/s1. The van der Waals surface area contributed by atoms with Crippen molar-refractivity contribution < 1.29 is 28.7 Å². The highest BCUT2D eigenvalue weighted by atomic mass is 16.5. The van der Waals surface area contributed by atoms with Crippen molar-refractivity contribution >= 4 is 68.4 Å². The molecule has 3 N–H and O–H groups in total. The molecule has 75 heavy (non-hydrogen) atoms. The molecule has 1 aliphatic carbocycles. The van der Waals surface area contributed by atoms with E-state index < -0.39 is 18.0 Å². The number of alkyl carbamates (subject to hydrolysis) is 1. The second-order valence-corrected chi connectivity index (χ2v) is 21.4. The van der Waals surface area contributed by atoms with E-state index in [9.17, 15) is 28.8 Å². The maximum atomic E-state index is 14.3. The van der Waals surface area contributed by atoms with Crippen LogP contribution in [-0.4, -0.2) is 138 Å². The summed E-state index contributed by atoms with van der Waals surface area (Å²) < 4.78 is 10.5. The van der Waals surface area contributed by atoms with Crippen LogP contribution in [0.3, 0.4) is 0 Å². The molecule has 19 nitrogen and oxygen atoms in total. The van der Waals surface area contributed by atoms with Gasteiger partial charge in [-0.2, -0.15) is 5.10 Å². The molecule has 3 atom stereocenters. The quantitative estimate of drug-likeness (QED) is 0.129. The summed E-state index contributed by atoms with van der Waals surface area (Å²) in [5.74, 6) is -0.378. The fraction of sp³-hybridized carbons (Fsp3) is 0.429. The molecule has 8 heterocycles. The summed E-state index contributed by atoms with van der Waals surface area (Å²) in [4.78, 5) is 95.8. The smallest absolute Gasteiger partial charge is 0.407 e. The molecule has 0 spiro atoms. The number of hydrogen-bond acceptors (Lipinski definition) is 11. The van der Waals surface area contributed by atoms with Crippen LogP contribution in [0.1, 0.15) is 97.2 Å². The zero-order chi connectivity index (χ0) is 51.8. The van der Waals surface area contributed by atoms with Crippen LogP contribution in [0.5, 0.6) is 0 Å².